The maximum absolute atomic E-state index is 11.6. The molecule has 0 atom stereocenters. The van der Waals surface area contributed by atoms with Crippen LogP contribution in [0.3, 0.4) is 0 Å². The number of likely N-dealkylation sites (N-methyl/N-ethyl adjacent to an activating group) is 1. The first kappa shape index (κ1) is 12.7. The third-order valence-corrected chi connectivity index (χ3v) is 2.03. The van der Waals surface area contributed by atoms with Gasteiger partial charge in [0.1, 0.15) is 0 Å². The van der Waals surface area contributed by atoms with Crippen LogP contribution < -0.4 is 0 Å². The first-order valence-corrected chi connectivity index (χ1v) is 4.66. The zero-order valence-electron chi connectivity index (χ0n) is 8.91. The number of carbonyl (C=O) groups excluding carboxylic acids is 1. The Bertz CT molecular complexity index is 246. The minimum Gasteiger partial charge on any atom is -0.481 e. The molecule has 0 aliphatic rings. The molecule has 0 aromatic rings. The van der Waals surface area contributed by atoms with Gasteiger partial charge in [0.15, 0.2) is 0 Å². The molecule has 14 heavy (non-hydrogen) atoms. The molecule has 0 unspecified atom stereocenters. The molecule has 0 aromatic heterocycles. The predicted octanol–water partition coefficient (Wildman–Crippen LogP) is 1.28. The van der Waals surface area contributed by atoms with Crippen molar-refractivity contribution in [2.75, 3.05) is 13.1 Å². The van der Waals surface area contributed by atoms with Crippen LogP contribution in [0.5, 0.6) is 0 Å². The fraction of sp³-hybridized carbons (Fsp3) is 0.600. The first-order valence-electron chi connectivity index (χ1n) is 4.66. The number of aliphatic carboxylic acids is 1. The van der Waals surface area contributed by atoms with Crippen molar-refractivity contribution in [3.8, 4) is 0 Å². The van der Waals surface area contributed by atoms with Crippen LogP contribution in [0.4, 0.5) is 0 Å². The molecule has 0 rings (SSSR count). The van der Waals surface area contributed by atoms with Crippen molar-refractivity contribution in [3.63, 3.8) is 0 Å². The summed E-state index contributed by atoms with van der Waals surface area (Å²) in [4.78, 5) is 23.4. The first-order chi connectivity index (χ1) is 6.52. The van der Waals surface area contributed by atoms with Gasteiger partial charge < -0.3 is 10.0 Å². The minimum absolute atomic E-state index is 0.00340. The summed E-state index contributed by atoms with van der Waals surface area (Å²) in [5, 5.41) is 8.48. The summed E-state index contributed by atoms with van der Waals surface area (Å²) in [6.07, 6.45) is 1.72. The van der Waals surface area contributed by atoms with Crippen LogP contribution in [0.2, 0.25) is 0 Å². The Labute approximate surface area is 84.2 Å². The Balaban J connectivity index is 4.27. The van der Waals surface area contributed by atoms with Crippen LogP contribution in [0.15, 0.2) is 11.6 Å². The maximum Gasteiger partial charge on any atom is 0.305 e. The Morgan fingerprint density at radius 2 is 2.00 bits per heavy atom. The molecule has 0 aliphatic heterocycles. The van der Waals surface area contributed by atoms with Crippen molar-refractivity contribution in [3.05, 3.63) is 11.6 Å². The number of rotatable bonds is 5. The lowest BCUT2D eigenvalue weighted by Crippen LogP contribution is -2.33. The standard InChI is InChI=1S/C10H17NO3/c1-4-8(3)10(14)11(5-2)7-6-9(12)13/h4H,5-7H2,1-3H3,(H,12,13). The molecule has 1 amide bonds. The van der Waals surface area contributed by atoms with E-state index < -0.39 is 5.97 Å². The number of hydrogen-bond acceptors (Lipinski definition) is 2. The van der Waals surface area contributed by atoms with Crippen LogP contribution in [-0.4, -0.2) is 35.0 Å². The summed E-state index contributed by atoms with van der Waals surface area (Å²) >= 11 is 0. The van der Waals surface area contributed by atoms with E-state index in [4.69, 9.17) is 5.11 Å². The highest BCUT2D eigenvalue weighted by Gasteiger charge is 2.13. The Morgan fingerprint density at radius 1 is 1.43 bits per heavy atom. The summed E-state index contributed by atoms with van der Waals surface area (Å²) in [6.45, 7) is 6.17. The molecule has 0 radical (unpaired) electrons. The van der Waals surface area contributed by atoms with E-state index in [-0.39, 0.29) is 18.9 Å². The fourth-order valence-corrected chi connectivity index (χ4v) is 1.01. The van der Waals surface area contributed by atoms with Gasteiger partial charge in [-0.05, 0) is 20.8 Å². The second-order valence-electron chi connectivity index (χ2n) is 3.00. The van der Waals surface area contributed by atoms with Gasteiger partial charge in [-0.15, -0.1) is 0 Å². The van der Waals surface area contributed by atoms with Gasteiger partial charge in [-0.2, -0.15) is 0 Å². The molecule has 0 fully saturated rings. The SMILES string of the molecule is CC=C(C)C(=O)N(CC)CCC(=O)O. The lowest BCUT2D eigenvalue weighted by atomic mass is 10.2. The van der Waals surface area contributed by atoms with E-state index in [2.05, 4.69) is 0 Å². The molecule has 0 spiro atoms. The van der Waals surface area contributed by atoms with Gasteiger partial charge >= 0.3 is 5.97 Å². The molecule has 80 valence electrons. The van der Waals surface area contributed by atoms with Gasteiger partial charge in [-0.1, -0.05) is 6.08 Å². The topological polar surface area (TPSA) is 57.6 Å². The molecule has 0 aromatic carbocycles. The number of nitrogens with zero attached hydrogens (tertiary/aromatic N) is 1. The van der Waals surface area contributed by atoms with Crippen molar-refractivity contribution in [1.29, 1.82) is 0 Å². The van der Waals surface area contributed by atoms with E-state index in [1.165, 1.54) is 4.90 Å². The largest absolute Gasteiger partial charge is 0.481 e. The molecule has 4 nitrogen and oxygen atoms in total. The Kier molecular flexibility index (Phi) is 5.60. The van der Waals surface area contributed by atoms with Crippen LogP contribution in [0.25, 0.3) is 0 Å². The van der Waals surface area contributed by atoms with E-state index >= 15 is 0 Å². The maximum atomic E-state index is 11.6. The molecule has 4 heteroatoms. The van der Waals surface area contributed by atoms with E-state index in [1.807, 2.05) is 6.92 Å². The van der Waals surface area contributed by atoms with Crippen LogP contribution in [0.1, 0.15) is 27.2 Å². The van der Waals surface area contributed by atoms with Crippen LogP contribution >= 0.6 is 0 Å². The average Bonchev–Trinajstić information content (AvgIpc) is 2.16. The number of amides is 1. The average molecular weight is 199 g/mol. The van der Waals surface area contributed by atoms with Crippen molar-refractivity contribution >= 4 is 11.9 Å². The number of carboxylic acids is 1. The molecule has 0 heterocycles. The molecule has 0 bridgehead atoms. The quantitative estimate of drug-likeness (QED) is 0.678. The van der Waals surface area contributed by atoms with E-state index in [0.717, 1.165) is 0 Å². The van der Waals surface area contributed by atoms with Crippen molar-refractivity contribution in [1.82, 2.24) is 4.90 Å². The lowest BCUT2D eigenvalue weighted by molar-refractivity contribution is -0.138. The summed E-state index contributed by atoms with van der Waals surface area (Å²) in [5.74, 6) is -0.967. The van der Waals surface area contributed by atoms with Crippen molar-refractivity contribution in [2.45, 2.75) is 27.2 Å². The van der Waals surface area contributed by atoms with E-state index in [1.54, 1.807) is 19.9 Å². The molecule has 0 saturated carbocycles. The van der Waals surface area contributed by atoms with Gasteiger partial charge in [-0.25, -0.2) is 0 Å². The highest BCUT2D eigenvalue weighted by atomic mass is 16.4. The second-order valence-corrected chi connectivity index (χ2v) is 3.00. The molecular formula is C10H17NO3. The normalized spacial score (nSPS) is 11.2. The molecule has 0 aliphatic carbocycles. The van der Waals surface area contributed by atoms with E-state index in [9.17, 15) is 9.59 Å². The number of carboxylic acid groups (broad SMARTS) is 1. The third-order valence-electron chi connectivity index (χ3n) is 2.03. The number of allylic oxidation sites excluding steroid dienone is 1. The van der Waals surface area contributed by atoms with E-state index in [0.29, 0.717) is 12.1 Å². The van der Waals surface area contributed by atoms with Gasteiger partial charge in [0.25, 0.3) is 0 Å². The molecule has 0 saturated heterocycles. The predicted molar refractivity (Wildman–Crippen MR) is 53.9 cm³/mol. The van der Waals surface area contributed by atoms with Crippen molar-refractivity contribution < 1.29 is 14.7 Å². The van der Waals surface area contributed by atoms with Gasteiger partial charge in [0.05, 0.1) is 6.42 Å². The lowest BCUT2D eigenvalue weighted by Gasteiger charge is -2.20. The number of carbonyl (C=O) groups is 2. The Hall–Kier alpha value is -1.32. The zero-order valence-corrected chi connectivity index (χ0v) is 8.91. The molecular weight excluding hydrogens is 182 g/mol. The summed E-state index contributed by atoms with van der Waals surface area (Å²) < 4.78 is 0. The smallest absolute Gasteiger partial charge is 0.305 e. The van der Waals surface area contributed by atoms with Crippen LogP contribution in [0, 0.1) is 0 Å². The fourth-order valence-electron chi connectivity index (χ4n) is 1.01. The van der Waals surface area contributed by atoms with Gasteiger partial charge in [0, 0.05) is 18.7 Å². The van der Waals surface area contributed by atoms with Gasteiger partial charge in [-0.3, -0.25) is 9.59 Å². The van der Waals surface area contributed by atoms with Crippen LogP contribution in [-0.2, 0) is 9.59 Å². The zero-order chi connectivity index (χ0) is 11.1. The molecule has 1 N–H and O–H groups in total. The summed E-state index contributed by atoms with van der Waals surface area (Å²) in [5.41, 5.74) is 0.650. The summed E-state index contributed by atoms with van der Waals surface area (Å²) in [7, 11) is 0. The monoisotopic (exact) mass is 199 g/mol. The highest BCUT2D eigenvalue weighted by Crippen LogP contribution is 2.01. The third kappa shape index (κ3) is 4.07. The Morgan fingerprint density at radius 3 is 2.36 bits per heavy atom. The number of hydrogen-bond donors (Lipinski definition) is 1. The second kappa shape index (κ2) is 6.18. The highest BCUT2D eigenvalue weighted by molar-refractivity contribution is 5.92. The minimum atomic E-state index is -0.880. The van der Waals surface area contributed by atoms with Crippen molar-refractivity contribution in [2.24, 2.45) is 0 Å². The summed E-state index contributed by atoms with van der Waals surface area (Å²) in [6, 6.07) is 0. The van der Waals surface area contributed by atoms with Gasteiger partial charge in [0.2, 0.25) is 5.91 Å².